The predicted molar refractivity (Wildman–Crippen MR) is 158 cm³/mol. The molecule has 0 aliphatic rings. The van der Waals surface area contributed by atoms with Gasteiger partial charge in [0.1, 0.15) is 11.2 Å². The lowest BCUT2D eigenvalue weighted by Crippen LogP contribution is -1.93. The first kappa shape index (κ1) is 21.7. The minimum absolute atomic E-state index is 0.813. The second-order valence-corrected chi connectivity index (χ2v) is 9.69. The van der Waals surface area contributed by atoms with Gasteiger partial charge in [0.05, 0.1) is 33.8 Å². The van der Waals surface area contributed by atoms with Gasteiger partial charge in [-0.25, -0.2) is 15.0 Å². The molecule has 0 amide bonds. The van der Waals surface area contributed by atoms with E-state index in [-0.39, 0.29) is 0 Å². The van der Waals surface area contributed by atoms with E-state index in [1.165, 1.54) is 0 Å². The average molecular weight is 500 g/mol. The quantitative estimate of drug-likeness (QED) is 0.228. The normalized spacial score (nSPS) is 11.6. The highest BCUT2D eigenvalue weighted by Crippen LogP contribution is 2.33. The summed E-state index contributed by atoms with van der Waals surface area (Å²) >= 11 is 0. The standard InChI is InChI=1S/C35H21N3O/c1-2-7-22(8-3-1)29-19-16-23-13-14-24-17-20-31(38-35(24)34(23)37-29)30-11-6-10-28(36-30)25-15-18-27-26-9-4-5-12-32(26)39-33(27)21-25/h1-21H. The Kier molecular flexibility index (Phi) is 4.79. The van der Waals surface area contributed by atoms with E-state index in [0.717, 1.165) is 77.6 Å². The summed E-state index contributed by atoms with van der Waals surface area (Å²) in [6.07, 6.45) is 0. The number of aromatic nitrogens is 3. The second-order valence-electron chi connectivity index (χ2n) is 9.69. The van der Waals surface area contributed by atoms with Crippen LogP contribution in [0.4, 0.5) is 0 Å². The smallest absolute Gasteiger partial charge is 0.136 e. The number of hydrogen-bond acceptors (Lipinski definition) is 4. The summed E-state index contributed by atoms with van der Waals surface area (Å²) in [6, 6.07) is 43.2. The summed E-state index contributed by atoms with van der Waals surface area (Å²) in [5.74, 6) is 0. The third kappa shape index (κ3) is 3.65. The first-order valence-electron chi connectivity index (χ1n) is 13.0. The van der Waals surface area contributed by atoms with Gasteiger partial charge in [-0.3, -0.25) is 0 Å². The molecule has 39 heavy (non-hydrogen) atoms. The maximum Gasteiger partial charge on any atom is 0.136 e. The fourth-order valence-electron chi connectivity index (χ4n) is 5.30. The van der Waals surface area contributed by atoms with Crippen LogP contribution in [0.5, 0.6) is 0 Å². The highest BCUT2D eigenvalue weighted by molar-refractivity contribution is 6.06. The van der Waals surface area contributed by atoms with Crippen molar-refractivity contribution in [2.24, 2.45) is 0 Å². The molecule has 0 saturated carbocycles. The monoisotopic (exact) mass is 499 g/mol. The van der Waals surface area contributed by atoms with E-state index in [0.29, 0.717) is 0 Å². The Hall–Kier alpha value is -5.35. The van der Waals surface area contributed by atoms with E-state index in [2.05, 4.69) is 66.7 Å². The molecular weight excluding hydrogens is 478 g/mol. The molecule has 0 N–H and O–H groups in total. The average Bonchev–Trinajstić information content (AvgIpc) is 3.39. The number of pyridine rings is 3. The summed E-state index contributed by atoms with van der Waals surface area (Å²) in [4.78, 5) is 15.1. The molecule has 4 heterocycles. The van der Waals surface area contributed by atoms with Crippen molar-refractivity contribution in [3.63, 3.8) is 0 Å². The molecule has 182 valence electrons. The molecule has 4 aromatic carbocycles. The minimum atomic E-state index is 0.813. The zero-order valence-electron chi connectivity index (χ0n) is 20.9. The zero-order chi connectivity index (χ0) is 25.8. The van der Waals surface area contributed by atoms with Crippen molar-refractivity contribution in [3.8, 4) is 33.9 Å². The number of fused-ring (bicyclic) bond motifs is 6. The molecule has 0 aliphatic carbocycles. The van der Waals surface area contributed by atoms with Gasteiger partial charge in [0.25, 0.3) is 0 Å². The van der Waals surface area contributed by atoms with Gasteiger partial charge >= 0.3 is 0 Å². The number of hydrogen-bond donors (Lipinski definition) is 0. The summed E-state index contributed by atoms with van der Waals surface area (Å²) in [5.41, 5.74) is 9.04. The lowest BCUT2D eigenvalue weighted by Gasteiger charge is -2.09. The van der Waals surface area contributed by atoms with Crippen molar-refractivity contribution >= 4 is 43.7 Å². The molecule has 0 atom stereocenters. The molecule has 0 aliphatic heterocycles. The first-order chi connectivity index (χ1) is 19.3. The third-order valence-corrected chi connectivity index (χ3v) is 7.28. The van der Waals surface area contributed by atoms with E-state index in [1.807, 2.05) is 60.7 Å². The van der Waals surface area contributed by atoms with E-state index in [1.54, 1.807) is 0 Å². The lowest BCUT2D eigenvalue weighted by molar-refractivity contribution is 0.669. The number of nitrogens with zero attached hydrogens (tertiary/aromatic N) is 3. The molecule has 0 spiro atoms. The van der Waals surface area contributed by atoms with Gasteiger partial charge in [-0.15, -0.1) is 0 Å². The summed E-state index contributed by atoms with van der Waals surface area (Å²) in [5, 5.41) is 4.34. The van der Waals surface area contributed by atoms with Gasteiger partial charge in [-0.05, 0) is 42.5 Å². The SMILES string of the molecule is c1ccc(-c2ccc3ccc4ccc(-c5cccc(-c6ccc7c(c6)oc6ccccc67)n5)nc4c3n2)cc1. The number of rotatable bonds is 3. The van der Waals surface area contributed by atoms with Crippen molar-refractivity contribution in [2.45, 2.75) is 0 Å². The van der Waals surface area contributed by atoms with Gasteiger partial charge in [0.15, 0.2) is 0 Å². The Bertz CT molecular complexity index is 2180. The van der Waals surface area contributed by atoms with Crippen LogP contribution in [-0.2, 0) is 0 Å². The van der Waals surface area contributed by atoms with Gasteiger partial charge in [0.2, 0.25) is 0 Å². The third-order valence-electron chi connectivity index (χ3n) is 7.28. The van der Waals surface area contributed by atoms with Crippen LogP contribution in [0.2, 0.25) is 0 Å². The van der Waals surface area contributed by atoms with Crippen LogP contribution in [0, 0.1) is 0 Å². The number of benzene rings is 4. The molecule has 8 aromatic rings. The molecule has 0 saturated heterocycles. The van der Waals surface area contributed by atoms with Gasteiger partial charge in [-0.1, -0.05) is 84.9 Å². The Labute approximate surface area is 224 Å². The molecule has 0 radical (unpaired) electrons. The van der Waals surface area contributed by atoms with E-state index in [4.69, 9.17) is 19.4 Å². The maximum atomic E-state index is 6.11. The molecular formula is C35H21N3O. The summed E-state index contributed by atoms with van der Waals surface area (Å²) in [6.45, 7) is 0. The van der Waals surface area contributed by atoms with Crippen LogP contribution < -0.4 is 0 Å². The highest BCUT2D eigenvalue weighted by atomic mass is 16.3. The van der Waals surface area contributed by atoms with Crippen LogP contribution in [0.25, 0.3) is 77.6 Å². The Morgan fingerprint density at radius 2 is 1.00 bits per heavy atom. The van der Waals surface area contributed by atoms with Crippen LogP contribution in [-0.4, -0.2) is 15.0 Å². The largest absolute Gasteiger partial charge is 0.456 e. The fraction of sp³-hybridized carbons (Fsp3) is 0. The van der Waals surface area contributed by atoms with Gasteiger partial charge < -0.3 is 4.42 Å². The van der Waals surface area contributed by atoms with Crippen molar-refractivity contribution in [2.75, 3.05) is 0 Å². The molecule has 4 heteroatoms. The van der Waals surface area contributed by atoms with Crippen molar-refractivity contribution in [3.05, 3.63) is 127 Å². The van der Waals surface area contributed by atoms with E-state index < -0.39 is 0 Å². The van der Waals surface area contributed by atoms with Gasteiger partial charge in [-0.2, -0.15) is 0 Å². The molecule has 4 aromatic heterocycles. The van der Waals surface area contributed by atoms with Crippen LogP contribution in [0.1, 0.15) is 0 Å². The van der Waals surface area contributed by atoms with Crippen LogP contribution in [0.3, 0.4) is 0 Å². The lowest BCUT2D eigenvalue weighted by atomic mass is 10.1. The summed E-state index contributed by atoms with van der Waals surface area (Å²) in [7, 11) is 0. The Morgan fingerprint density at radius 1 is 0.385 bits per heavy atom. The predicted octanol–water partition coefficient (Wildman–Crippen LogP) is 9.08. The molecule has 8 rings (SSSR count). The minimum Gasteiger partial charge on any atom is -0.456 e. The number of furan rings is 1. The van der Waals surface area contributed by atoms with Gasteiger partial charge in [0, 0.05) is 32.7 Å². The van der Waals surface area contributed by atoms with E-state index in [9.17, 15) is 0 Å². The molecule has 4 nitrogen and oxygen atoms in total. The van der Waals surface area contributed by atoms with E-state index >= 15 is 0 Å². The molecule has 0 bridgehead atoms. The van der Waals surface area contributed by atoms with Crippen LogP contribution >= 0.6 is 0 Å². The van der Waals surface area contributed by atoms with Crippen molar-refractivity contribution in [1.29, 1.82) is 0 Å². The maximum absolute atomic E-state index is 6.11. The fourth-order valence-corrected chi connectivity index (χ4v) is 5.30. The summed E-state index contributed by atoms with van der Waals surface area (Å²) < 4.78 is 6.11. The topological polar surface area (TPSA) is 51.8 Å². The Morgan fingerprint density at radius 3 is 1.85 bits per heavy atom. The Balaban J connectivity index is 1.24. The molecule has 0 unspecified atom stereocenters. The van der Waals surface area contributed by atoms with Crippen molar-refractivity contribution in [1.82, 2.24) is 15.0 Å². The number of para-hydroxylation sites is 1. The van der Waals surface area contributed by atoms with Crippen molar-refractivity contribution < 1.29 is 4.42 Å². The molecule has 0 fully saturated rings. The van der Waals surface area contributed by atoms with Crippen LogP contribution in [0.15, 0.2) is 132 Å². The highest BCUT2D eigenvalue weighted by Gasteiger charge is 2.12. The first-order valence-corrected chi connectivity index (χ1v) is 13.0. The zero-order valence-corrected chi connectivity index (χ0v) is 20.9. The second kappa shape index (κ2) is 8.61.